The molecule has 0 atom stereocenters. The molecule has 6 heteroatoms. The summed E-state index contributed by atoms with van der Waals surface area (Å²) in [6.45, 7) is 7.24. The highest BCUT2D eigenvalue weighted by Gasteiger charge is 2.17. The van der Waals surface area contributed by atoms with Crippen LogP contribution in [0.3, 0.4) is 0 Å². The first-order valence-electron chi connectivity index (χ1n) is 9.37. The van der Waals surface area contributed by atoms with E-state index in [9.17, 15) is 0 Å². The van der Waals surface area contributed by atoms with E-state index in [0.717, 1.165) is 61.4 Å². The SMILES string of the molecule is COc1ccc(CN)c(OCCN2CCN(Cc3ccc(Cl)cc3)CC2)c1. The largest absolute Gasteiger partial charge is 0.497 e. The third-order valence-corrected chi connectivity index (χ3v) is 5.20. The third-order valence-electron chi connectivity index (χ3n) is 4.94. The summed E-state index contributed by atoms with van der Waals surface area (Å²) in [5.41, 5.74) is 8.11. The maximum Gasteiger partial charge on any atom is 0.127 e. The number of hydrogen-bond donors (Lipinski definition) is 1. The van der Waals surface area contributed by atoms with Crippen LogP contribution in [0, 0.1) is 0 Å². The molecule has 1 aliphatic heterocycles. The zero-order valence-corrected chi connectivity index (χ0v) is 16.6. The molecular formula is C21H28ClN3O2. The van der Waals surface area contributed by atoms with Gasteiger partial charge in [-0.15, -0.1) is 0 Å². The zero-order chi connectivity index (χ0) is 19.1. The molecule has 1 fully saturated rings. The van der Waals surface area contributed by atoms with E-state index >= 15 is 0 Å². The molecule has 3 rings (SSSR count). The summed E-state index contributed by atoms with van der Waals surface area (Å²) in [6, 6.07) is 13.9. The minimum atomic E-state index is 0.461. The summed E-state index contributed by atoms with van der Waals surface area (Å²) in [6.07, 6.45) is 0. The van der Waals surface area contributed by atoms with Gasteiger partial charge in [0.05, 0.1) is 7.11 Å². The predicted molar refractivity (Wildman–Crippen MR) is 110 cm³/mol. The second-order valence-electron chi connectivity index (χ2n) is 6.77. The summed E-state index contributed by atoms with van der Waals surface area (Å²) in [7, 11) is 1.66. The number of ether oxygens (including phenoxy) is 2. The van der Waals surface area contributed by atoms with Gasteiger partial charge in [0.1, 0.15) is 18.1 Å². The van der Waals surface area contributed by atoms with Crippen molar-refractivity contribution >= 4 is 11.6 Å². The highest BCUT2D eigenvalue weighted by atomic mass is 35.5. The van der Waals surface area contributed by atoms with Gasteiger partial charge in [0, 0.05) is 62.5 Å². The molecule has 0 bridgehead atoms. The fraction of sp³-hybridized carbons (Fsp3) is 0.429. The van der Waals surface area contributed by atoms with Gasteiger partial charge in [-0.1, -0.05) is 29.8 Å². The Hall–Kier alpha value is -1.79. The van der Waals surface area contributed by atoms with Gasteiger partial charge in [0.2, 0.25) is 0 Å². The second-order valence-corrected chi connectivity index (χ2v) is 7.21. The van der Waals surface area contributed by atoms with E-state index in [0.29, 0.717) is 13.2 Å². The van der Waals surface area contributed by atoms with Crippen molar-refractivity contribution in [3.63, 3.8) is 0 Å². The molecule has 0 aromatic heterocycles. The Bertz CT molecular complexity index is 716. The second kappa shape index (κ2) is 9.95. The van der Waals surface area contributed by atoms with Gasteiger partial charge in [0.15, 0.2) is 0 Å². The van der Waals surface area contributed by atoms with Gasteiger partial charge >= 0.3 is 0 Å². The summed E-state index contributed by atoms with van der Waals surface area (Å²) in [4.78, 5) is 4.93. The Kier molecular flexibility index (Phi) is 7.35. The normalized spacial score (nSPS) is 15.7. The Morgan fingerprint density at radius 3 is 2.37 bits per heavy atom. The van der Waals surface area contributed by atoms with Crippen molar-refractivity contribution in [2.75, 3.05) is 46.4 Å². The van der Waals surface area contributed by atoms with Crippen LogP contribution in [0.4, 0.5) is 0 Å². The maximum atomic E-state index is 5.98. The van der Waals surface area contributed by atoms with Crippen molar-refractivity contribution in [2.45, 2.75) is 13.1 Å². The van der Waals surface area contributed by atoms with E-state index in [-0.39, 0.29) is 0 Å². The molecular weight excluding hydrogens is 362 g/mol. The van der Waals surface area contributed by atoms with Gasteiger partial charge < -0.3 is 15.2 Å². The van der Waals surface area contributed by atoms with Crippen molar-refractivity contribution in [1.29, 1.82) is 0 Å². The summed E-state index contributed by atoms with van der Waals surface area (Å²) in [5, 5.41) is 0.789. The van der Waals surface area contributed by atoms with Crippen molar-refractivity contribution in [3.8, 4) is 11.5 Å². The summed E-state index contributed by atoms with van der Waals surface area (Å²) < 4.78 is 11.3. The number of hydrogen-bond acceptors (Lipinski definition) is 5. The molecule has 0 aliphatic carbocycles. The first kappa shape index (κ1) is 20.0. The van der Waals surface area contributed by atoms with Crippen molar-refractivity contribution in [2.24, 2.45) is 5.73 Å². The molecule has 2 aromatic carbocycles. The molecule has 2 aromatic rings. The van der Waals surface area contributed by atoms with Crippen LogP contribution < -0.4 is 15.2 Å². The lowest BCUT2D eigenvalue weighted by atomic mass is 10.2. The molecule has 0 spiro atoms. The lowest BCUT2D eigenvalue weighted by molar-refractivity contribution is 0.112. The first-order chi connectivity index (χ1) is 13.2. The van der Waals surface area contributed by atoms with Crippen LogP contribution in [-0.2, 0) is 13.1 Å². The number of rotatable bonds is 8. The first-order valence-corrected chi connectivity index (χ1v) is 9.74. The number of piperazine rings is 1. The molecule has 146 valence electrons. The minimum absolute atomic E-state index is 0.461. The van der Waals surface area contributed by atoms with Crippen LogP contribution in [0.2, 0.25) is 5.02 Å². The minimum Gasteiger partial charge on any atom is -0.497 e. The van der Waals surface area contributed by atoms with Gasteiger partial charge in [-0.3, -0.25) is 9.80 Å². The van der Waals surface area contributed by atoms with Crippen LogP contribution in [0.1, 0.15) is 11.1 Å². The molecule has 27 heavy (non-hydrogen) atoms. The standard InChI is InChI=1S/C21H28ClN3O2/c1-26-20-7-4-18(15-23)21(14-20)27-13-12-24-8-10-25(11-9-24)16-17-2-5-19(22)6-3-17/h2-7,14H,8-13,15-16,23H2,1H3. The highest BCUT2D eigenvalue weighted by molar-refractivity contribution is 6.30. The number of benzene rings is 2. The van der Waals surface area contributed by atoms with Crippen molar-refractivity contribution in [1.82, 2.24) is 9.80 Å². The molecule has 1 saturated heterocycles. The quantitative estimate of drug-likeness (QED) is 0.752. The molecule has 0 radical (unpaired) electrons. The average Bonchev–Trinajstić information content (AvgIpc) is 2.71. The van der Waals surface area contributed by atoms with Gasteiger partial charge in [-0.05, 0) is 23.8 Å². The van der Waals surface area contributed by atoms with Crippen LogP contribution >= 0.6 is 11.6 Å². The van der Waals surface area contributed by atoms with E-state index in [1.807, 2.05) is 30.3 Å². The fourth-order valence-electron chi connectivity index (χ4n) is 3.27. The average molecular weight is 390 g/mol. The van der Waals surface area contributed by atoms with Crippen molar-refractivity contribution < 1.29 is 9.47 Å². The molecule has 2 N–H and O–H groups in total. The van der Waals surface area contributed by atoms with Crippen LogP contribution in [0.15, 0.2) is 42.5 Å². The topological polar surface area (TPSA) is 51.0 Å². The monoisotopic (exact) mass is 389 g/mol. The lowest BCUT2D eigenvalue weighted by Crippen LogP contribution is -2.47. The molecule has 0 saturated carbocycles. The molecule has 1 heterocycles. The number of halogens is 1. The Morgan fingerprint density at radius 1 is 1.00 bits per heavy atom. The van der Waals surface area contributed by atoms with E-state index in [4.69, 9.17) is 26.8 Å². The van der Waals surface area contributed by atoms with E-state index in [2.05, 4.69) is 21.9 Å². The van der Waals surface area contributed by atoms with Crippen molar-refractivity contribution in [3.05, 3.63) is 58.6 Å². The zero-order valence-electron chi connectivity index (χ0n) is 15.9. The lowest BCUT2D eigenvalue weighted by Gasteiger charge is -2.34. The van der Waals surface area contributed by atoms with E-state index < -0.39 is 0 Å². The van der Waals surface area contributed by atoms with Gasteiger partial charge in [-0.2, -0.15) is 0 Å². The Labute approximate surface area is 166 Å². The fourth-order valence-corrected chi connectivity index (χ4v) is 3.39. The molecule has 0 amide bonds. The van der Waals surface area contributed by atoms with Crippen LogP contribution in [-0.4, -0.2) is 56.2 Å². The van der Waals surface area contributed by atoms with E-state index in [1.165, 1.54) is 5.56 Å². The van der Waals surface area contributed by atoms with Gasteiger partial charge in [0.25, 0.3) is 0 Å². The highest BCUT2D eigenvalue weighted by Crippen LogP contribution is 2.24. The number of nitrogens with two attached hydrogens (primary N) is 1. The van der Waals surface area contributed by atoms with Crippen LogP contribution in [0.5, 0.6) is 11.5 Å². The number of nitrogens with zero attached hydrogens (tertiary/aromatic N) is 2. The number of methoxy groups -OCH3 is 1. The molecule has 5 nitrogen and oxygen atoms in total. The van der Waals surface area contributed by atoms with E-state index in [1.54, 1.807) is 7.11 Å². The van der Waals surface area contributed by atoms with Gasteiger partial charge in [-0.25, -0.2) is 0 Å². The van der Waals surface area contributed by atoms with Crippen LogP contribution in [0.25, 0.3) is 0 Å². The Morgan fingerprint density at radius 2 is 1.70 bits per heavy atom. The summed E-state index contributed by atoms with van der Waals surface area (Å²) in [5.74, 6) is 1.61. The predicted octanol–water partition coefficient (Wildman–Crippen LogP) is 3.00. The molecule has 1 aliphatic rings. The summed E-state index contributed by atoms with van der Waals surface area (Å²) >= 11 is 5.96. The molecule has 0 unspecified atom stereocenters. The Balaban J connectivity index is 1.41. The third kappa shape index (κ3) is 5.84. The smallest absolute Gasteiger partial charge is 0.127 e. The maximum absolute atomic E-state index is 5.98.